The monoisotopic (exact) mass is 193 g/mol. The molecule has 0 unspecified atom stereocenters. The standard InChI is InChI=1S/C10H15N3O/c1-5-9(6-8(2)14-4)10-12-11-7-13(10)3/h5-7H,1-4H3. The molecule has 1 rings (SSSR count). The van der Waals surface area contributed by atoms with E-state index >= 15 is 0 Å². The van der Waals surface area contributed by atoms with Crippen molar-refractivity contribution in [2.24, 2.45) is 7.05 Å². The molecule has 0 bridgehead atoms. The normalized spacial score (nSPS) is 13.1. The molecule has 0 N–H and O–H groups in total. The Hall–Kier alpha value is -1.58. The molecule has 4 nitrogen and oxygen atoms in total. The average Bonchev–Trinajstić information content (AvgIpc) is 2.60. The molecular weight excluding hydrogens is 178 g/mol. The zero-order valence-corrected chi connectivity index (χ0v) is 8.98. The van der Waals surface area contributed by atoms with E-state index in [9.17, 15) is 0 Å². The zero-order chi connectivity index (χ0) is 10.6. The molecule has 0 aliphatic heterocycles. The van der Waals surface area contributed by atoms with Gasteiger partial charge in [-0.15, -0.1) is 10.2 Å². The lowest BCUT2D eigenvalue weighted by molar-refractivity contribution is 0.294. The third-order valence-electron chi connectivity index (χ3n) is 1.96. The highest BCUT2D eigenvalue weighted by atomic mass is 16.5. The summed E-state index contributed by atoms with van der Waals surface area (Å²) in [7, 11) is 3.56. The predicted molar refractivity (Wildman–Crippen MR) is 55.4 cm³/mol. The van der Waals surface area contributed by atoms with Crippen molar-refractivity contribution >= 4 is 5.57 Å². The molecule has 1 aromatic heterocycles. The van der Waals surface area contributed by atoms with E-state index in [-0.39, 0.29) is 0 Å². The van der Waals surface area contributed by atoms with Crippen LogP contribution >= 0.6 is 0 Å². The number of nitrogens with zero attached hydrogens (tertiary/aromatic N) is 3. The van der Waals surface area contributed by atoms with E-state index < -0.39 is 0 Å². The molecule has 1 aromatic rings. The van der Waals surface area contributed by atoms with Crippen molar-refractivity contribution in [2.45, 2.75) is 13.8 Å². The average molecular weight is 193 g/mol. The van der Waals surface area contributed by atoms with Crippen LogP contribution in [0, 0.1) is 0 Å². The maximum Gasteiger partial charge on any atom is 0.163 e. The number of hydrogen-bond acceptors (Lipinski definition) is 3. The topological polar surface area (TPSA) is 39.9 Å². The van der Waals surface area contributed by atoms with E-state index in [1.165, 1.54) is 0 Å². The summed E-state index contributed by atoms with van der Waals surface area (Å²) in [6, 6.07) is 0. The van der Waals surface area contributed by atoms with Crippen LogP contribution in [0.25, 0.3) is 5.57 Å². The summed E-state index contributed by atoms with van der Waals surface area (Å²) in [6.45, 7) is 3.86. The first-order valence-electron chi connectivity index (χ1n) is 4.42. The molecule has 0 fully saturated rings. The quantitative estimate of drug-likeness (QED) is 0.542. The van der Waals surface area contributed by atoms with Crippen molar-refractivity contribution in [3.05, 3.63) is 30.1 Å². The van der Waals surface area contributed by atoms with Crippen LogP contribution in [0.5, 0.6) is 0 Å². The fraction of sp³-hybridized carbons (Fsp3) is 0.400. The Bertz CT molecular complexity index is 363. The van der Waals surface area contributed by atoms with Gasteiger partial charge in [0.25, 0.3) is 0 Å². The van der Waals surface area contributed by atoms with Crippen LogP contribution in [-0.4, -0.2) is 21.9 Å². The van der Waals surface area contributed by atoms with Gasteiger partial charge in [0, 0.05) is 12.6 Å². The van der Waals surface area contributed by atoms with E-state index in [1.54, 1.807) is 13.4 Å². The van der Waals surface area contributed by atoms with E-state index in [1.807, 2.05) is 37.6 Å². The first kappa shape index (κ1) is 10.5. The number of methoxy groups -OCH3 is 1. The van der Waals surface area contributed by atoms with Gasteiger partial charge in [-0.1, -0.05) is 6.08 Å². The number of aromatic nitrogens is 3. The number of hydrogen-bond donors (Lipinski definition) is 0. The Labute approximate surface area is 83.9 Å². The Kier molecular flexibility index (Phi) is 3.45. The van der Waals surface area contributed by atoms with Gasteiger partial charge in [0.1, 0.15) is 6.33 Å². The van der Waals surface area contributed by atoms with Gasteiger partial charge < -0.3 is 9.30 Å². The van der Waals surface area contributed by atoms with Crippen molar-refractivity contribution < 1.29 is 4.74 Å². The minimum Gasteiger partial charge on any atom is -0.501 e. The molecule has 0 aliphatic rings. The molecule has 76 valence electrons. The molecule has 0 amide bonds. The summed E-state index contributed by atoms with van der Waals surface area (Å²) in [5, 5.41) is 7.84. The van der Waals surface area contributed by atoms with Crippen LogP contribution in [0.1, 0.15) is 19.7 Å². The lowest BCUT2D eigenvalue weighted by Crippen LogP contribution is -1.95. The molecule has 0 saturated heterocycles. The van der Waals surface area contributed by atoms with Crippen LogP contribution in [0.3, 0.4) is 0 Å². The van der Waals surface area contributed by atoms with Gasteiger partial charge in [0.05, 0.1) is 12.9 Å². The molecule has 0 atom stereocenters. The summed E-state index contributed by atoms with van der Waals surface area (Å²) in [5.74, 6) is 1.69. The molecule has 4 heteroatoms. The van der Waals surface area contributed by atoms with Crippen molar-refractivity contribution in [1.82, 2.24) is 14.8 Å². The molecule has 0 spiro atoms. The van der Waals surface area contributed by atoms with E-state index in [0.29, 0.717) is 0 Å². The second kappa shape index (κ2) is 4.60. The van der Waals surface area contributed by atoms with E-state index in [0.717, 1.165) is 17.2 Å². The summed E-state index contributed by atoms with van der Waals surface area (Å²) in [5.41, 5.74) is 1.00. The van der Waals surface area contributed by atoms with Gasteiger partial charge in [0.2, 0.25) is 0 Å². The van der Waals surface area contributed by atoms with Gasteiger partial charge in [-0.05, 0) is 19.9 Å². The highest BCUT2D eigenvalue weighted by Crippen LogP contribution is 2.14. The second-order valence-electron chi connectivity index (χ2n) is 2.97. The fourth-order valence-corrected chi connectivity index (χ4v) is 1.10. The van der Waals surface area contributed by atoms with Crippen LogP contribution in [0.4, 0.5) is 0 Å². The molecule has 0 aliphatic carbocycles. The third-order valence-corrected chi connectivity index (χ3v) is 1.96. The lowest BCUT2D eigenvalue weighted by atomic mass is 10.2. The number of allylic oxidation sites excluding steroid dienone is 4. The van der Waals surface area contributed by atoms with Crippen molar-refractivity contribution in [3.8, 4) is 0 Å². The van der Waals surface area contributed by atoms with E-state index in [4.69, 9.17) is 4.74 Å². The highest BCUT2D eigenvalue weighted by molar-refractivity contribution is 5.69. The van der Waals surface area contributed by atoms with Gasteiger partial charge in [-0.25, -0.2) is 0 Å². The largest absolute Gasteiger partial charge is 0.501 e. The Morgan fingerprint density at radius 2 is 2.29 bits per heavy atom. The van der Waals surface area contributed by atoms with Crippen molar-refractivity contribution in [3.63, 3.8) is 0 Å². The van der Waals surface area contributed by atoms with Crippen LogP contribution in [0.2, 0.25) is 0 Å². The molecular formula is C10H15N3O. The second-order valence-corrected chi connectivity index (χ2v) is 2.97. The van der Waals surface area contributed by atoms with Crippen LogP contribution in [-0.2, 0) is 11.8 Å². The SMILES string of the molecule is CC=C(C=C(C)OC)c1nncn1C. The smallest absolute Gasteiger partial charge is 0.163 e. The summed E-state index contributed by atoms with van der Waals surface area (Å²) in [4.78, 5) is 0. The zero-order valence-electron chi connectivity index (χ0n) is 8.98. The summed E-state index contributed by atoms with van der Waals surface area (Å²) >= 11 is 0. The maximum atomic E-state index is 5.08. The Morgan fingerprint density at radius 3 is 2.71 bits per heavy atom. The highest BCUT2D eigenvalue weighted by Gasteiger charge is 2.04. The van der Waals surface area contributed by atoms with Gasteiger partial charge >= 0.3 is 0 Å². The number of rotatable bonds is 3. The third kappa shape index (κ3) is 2.22. The minimum absolute atomic E-state index is 0.837. The fourth-order valence-electron chi connectivity index (χ4n) is 1.10. The van der Waals surface area contributed by atoms with Crippen LogP contribution < -0.4 is 0 Å². The van der Waals surface area contributed by atoms with Crippen LogP contribution in [0.15, 0.2) is 24.2 Å². The number of ether oxygens (including phenoxy) is 1. The first-order chi connectivity index (χ1) is 6.69. The molecule has 1 heterocycles. The minimum atomic E-state index is 0.837. The molecule has 0 radical (unpaired) electrons. The number of aryl methyl sites for hydroxylation is 1. The molecule has 0 saturated carbocycles. The maximum absolute atomic E-state index is 5.08. The van der Waals surface area contributed by atoms with Gasteiger partial charge in [-0.2, -0.15) is 0 Å². The lowest BCUT2D eigenvalue weighted by Gasteiger charge is -2.03. The summed E-state index contributed by atoms with van der Waals surface area (Å²) in [6.07, 6.45) is 5.59. The summed E-state index contributed by atoms with van der Waals surface area (Å²) < 4.78 is 6.95. The first-order valence-corrected chi connectivity index (χ1v) is 4.42. The molecule has 0 aromatic carbocycles. The van der Waals surface area contributed by atoms with Crippen molar-refractivity contribution in [2.75, 3.05) is 7.11 Å². The Balaban J connectivity index is 3.01. The predicted octanol–water partition coefficient (Wildman–Crippen LogP) is 1.77. The molecule has 14 heavy (non-hydrogen) atoms. The van der Waals surface area contributed by atoms with Crippen molar-refractivity contribution in [1.29, 1.82) is 0 Å². The van der Waals surface area contributed by atoms with Gasteiger partial charge in [-0.3, -0.25) is 0 Å². The van der Waals surface area contributed by atoms with E-state index in [2.05, 4.69) is 10.2 Å². The van der Waals surface area contributed by atoms with Gasteiger partial charge in [0.15, 0.2) is 5.82 Å². The Morgan fingerprint density at radius 1 is 1.57 bits per heavy atom.